The van der Waals surface area contributed by atoms with Crippen LogP contribution in [0.25, 0.3) is 0 Å². The molecule has 0 bridgehead atoms. The molecular formula is C22H30N2O3S. The molecule has 28 heavy (non-hydrogen) atoms. The number of hydrogen-bond acceptors (Lipinski definition) is 6. The summed E-state index contributed by atoms with van der Waals surface area (Å²) >= 11 is 1.76. The first kappa shape index (κ1) is 20.8. The second kappa shape index (κ2) is 10.0. The molecule has 1 atom stereocenters. The highest BCUT2D eigenvalue weighted by molar-refractivity contribution is 7.98. The zero-order valence-electron chi connectivity index (χ0n) is 17.2. The highest BCUT2D eigenvalue weighted by Crippen LogP contribution is 2.42. The van der Waals surface area contributed by atoms with E-state index in [2.05, 4.69) is 52.9 Å². The van der Waals surface area contributed by atoms with Gasteiger partial charge in [0, 0.05) is 24.5 Å². The van der Waals surface area contributed by atoms with Crippen LogP contribution < -0.4 is 19.5 Å². The van der Waals surface area contributed by atoms with Crippen LogP contribution in [0.5, 0.6) is 17.2 Å². The minimum Gasteiger partial charge on any atom is -0.493 e. The molecule has 1 aliphatic heterocycles. The van der Waals surface area contributed by atoms with E-state index in [1.54, 1.807) is 33.1 Å². The van der Waals surface area contributed by atoms with E-state index < -0.39 is 0 Å². The molecule has 5 nitrogen and oxygen atoms in total. The van der Waals surface area contributed by atoms with Gasteiger partial charge in [0.05, 0.1) is 27.4 Å². The molecule has 1 unspecified atom stereocenters. The van der Waals surface area contributed by atoms with E-state index >= 15 is 0 Å². The van der Waals surface area contributed by atoms with Crippen molar-refractivity contribution in [3.63, 3.8) is 0 Å². The molecule has 0 aliphatic carbocycles. The van der Waals surface area contributed by atoms with Crippen molar-refractivity contribution in [1.82, 2.24) is 10.2 Å². The zero-order valence-corrected chi connectivity index (χ0v) is 18.0. The van der Waals surface area contributed by atoms with Gasteiger partial charge in [0.25, 0.3) is 0 Å². The Morgan fingerprint density at radius 2 is 1.57 bits per heavy atom. The predicted molar refractivity (Wildman–Crippen MR) is 115 cm³/mol. The fourth-order valence-corrected chi connectivity index (χ4v) is 4.19. The normalized spacial score (nSPS) is 16.3. The molecule has 0 aromatic heterocycles. The fourth-order valence-electron chi connectivity index (χ4n) is 3.78. The summed E-state index contributed by atoms with van der Waals surface area (Å²) in [4.78, 5) is 3.80. The Hall–Kier alpha value is -1.89. The molecule has 0 amide bonds. The van der Waals surface area contributed by atoms with Crippen LogP contribution in [0.3, 0.4) is 0 Å². The molecule has 6 heteroatoms. The first-order valence-electron chi connectivity index (χ1n) is 9.60. The largest absolute Gasteiger partial charge is 0.493 e. The number of benzene rings is 2. The van der Waals surface area contributed by atoms with Crippen LogP contribution in [0.1, 0.15) is 23.6 Å². The van der Waals surface area contributed by atoms with Gasteiger partial charge in [-0.25, -0.2) is 0 Å². The topological polar surface area (TPSA) is 43.0 Å². The Morgan fingerprint density at radius 1 is 0.893 bits per heavy atom. The number of hydrogen-bond donors (Lipinski definition) is 1. The minimum atomic E-state index is 0.129. The first-order valence-corrected chi connectivity index (χ1v) is 10.8. The van der Waals surface area contributed by atoms with E-state index in [9.17, 15) is 0 Å². The number of methoxy groups -OCH3 is 3. The number of nitrogens with one attached hydrogen (secondary N) is 1. The third-order valence-electron chi connectivity index (χ3n) is 5.17. The van der Waals surface area contributed by atoms with Crippen molar-refractivity contribution in [2.45, 2.75) is 17.4 Å². The summed E-state index contributed by atoms with van der Waals surface area (Å²) in [5, 5.41) is 3.50. The van der Waals surface area contributed by atoms with Crippen molar-refractivity contribution in [3.8, 4) is 17.2 Å². The predicted octanol–water partition coefficient (Wildman–Crippen LogP) is 3.82. The maximum Gasteiger partial charge on any atom is 0.203 e. The standard InChI is InChI=1S/C22H30N2O3S/c1-25-19-14-17(15-20(26-2)22(19)27-3)21(24-12-5-10-23-11-13-24)16-6-8-18(28-4)9-7-16/h6-9,14-15,21,23H,5,10-13H2,1-4H3. The summed E-state index contributed by atoms with van der Waals surface area (Å²) in [6, 6.07) is 13.1. The monoisotopic (exact) mass is 402 g/mol. The van der Waals surface area contributed by atoms with Gasteiger partial charge in [0.2, 0.25) is 5.75 Å². The Morgan fingerprint density at radius 3 is 2.14 bits per heavy atom. The maximum absolute atomic E-state index is 5.61. The van der Waals surface area contributed by atoms with Gasteiger partial charge in [-0.05, 0) is 54.6 Å². The van der Waals surface area contributed by atoms with Crippen LogP contribution in [0.15, 0.2) is 41.3 Å². The maximum atomic E-state index is 5.61. The molecule has 0 spiro atoms. The average molecular weight is 403 g/mol. The lowest BCUT2D eigenvalue weighted by molar-refractivity contribution is 0.239. The van der Waals surface area contributed by atoms with Gasteiger partial charge in [-0.3, -0.25) is 4.90 Å². The Balaban J connectivity index is 2.09. The van der Waals surface area contributed by atoms with Crippen LogP contribution in [-0.4, -0.2) is 58.7 Å². The summed E-state index contributed by atoms with van der Waals surface area (Å²) in [6.45, 7) is 4.08. The van der Waals surface area contributed by atoms with E-state index in [0.717, 1.165) is 38.2 Å². The van der Waals surface area contributed by atoms with Gasteiger partial charge in [0.15, 0.2) is 11.5 Å². The van der Waals surface area contributed by atoms with E-state index in [0.29, 0.717) is 17.2 Å². The van der Waals surface area contributed by atoms with E-state index in [1.165, 1.54) is 10.5 Å². The molecule has 152 valence electrons. The van der Waals surface area contributed by atoms with Crippen LogP contribution >= 0.6 is 11.8 Å². The quantitative estimate of drug-likeness (QED) is 0.711. The van der Waals surface area contributed by atoms with Crippen LogP contribution in [0.2, 0.25) is 0 Å². The second-order valence-electron chi connectivity index (χ2n) is 6.77. The second-order valence-corrected chi connectivity index (χ2v) is 7.65. The van der Waals surface area contributed by atoms with Crippen LogP contribution in [-0.2, 0) is 0 Å². The minimum absolute atomic E-state index is 0.129. The van der Waals surface area contributed by atoms with Gasteiger partial charge in [-0.2, -0.15) is 0 Å². The van der Waals surface area contributed by atoms with Gasteiger partial charge < -0.3 is 19.5 Å². The van der Waals surface area contributed by atoms with Crippen molar-refractivity contribution >= 4 is 11.8 Å². The Bertz CT molecular complexity index is 734. The summed E-state index contributed by atoms with van der Waals surface area (Å²) in [6.07, 6.45) is 3.23. The van der Waals surface area contributed by atoms with Gasteiger partial charge in [-0.1, -0.05) is 12.1 Å². The van der Waals surface area contributed by atoms with E-state index in [-0.39, 0.29) is 6.04 Å². The van der Waals surface area contributed by atoms with Crippen molar-refractivity contribution in [3.05, 3.63) is 47.5 Å². The first-order chi connectivity index (χ1) is 13.7. The molecule has 0 radical (unpaired) electrons. The number of rotatable bonds is 7. The number of thioether (sulfide) groups is 1. The summed E-state index contributed by atoms with van der Waals surface area (Å²) in [5.41, 5.74) is 2.42. The van der Waals surface area contributed by atoms with Crippen molar-refractivity contribution < 1.29 is 14.2 Å². The third-order valence-corrected chi connectivity index (χ3v) is 5.92. The smallest absolute Gasteiger partial charge is 0.203 e. The van der Waals surface area contributed by atoms with E-state index in [4.69, 9.17) is 14.2 Å². The zero-order chi connectivity index (χ0) is 19.9. The molecule has 3 rings (SSSR count). The lowest BCUT2D eigenvalue weighted by Crippen LogP contribution is -2.33. The molecule has 2 aromatic rings. The Kier molecular flexibility index (Phi) is 7.48. The summed E-state index contributed by atoms with van der Waals surface area (Å²) in [7, 11) is 4.97. The van der Waals surface area contributed by atoms with Gasteiger partial charge in [0.1, 0.15) is 0 Å². The summed E-state index contributed by atoms with van der Waals surface area (Å²) in [5.74, 6) is 2.01. The number of ether oxygens (including phenoxy) is 3. The average Bonchev–Trinajstić information content (AvgIpc) is 3.03. The summed E-state index contributed by atoms with van der Waals surface area (Å²) < 4.78 is 16.7. The molecule has 1 N–H and O–H groups in total. The number of nitrogens with zero attached hydrogens (tertiary/aromatic N) is 1. The molecular weight excluding hydrogens is 372 g/mol. The Labute approximate surface area is 172 Å². The third kappa shape index (κ3) is 4.57. The molecule has 2 aromatic carbocycles. The molecule has 1 saturated heterocycles. The van der Waals surface area contributed by atoms with Gasteiger partial charge in [-0.15, -0.1) is 11.8 Å². The van der Waals surface area contributed by atoms with Crippen molar-refractivity contribution in [2.24, 2.45) is 0 Å². The molecule has 1 fully saturated rings. The van der Waals surface area contributed by atoms with Crippen molar-refractivity contribution in [2.75, 3.05) is 53.8 Å². The lowest BCUT2D eigenvalue weighted by atomic mass is 9.96. The molecule has 1 aliphatic rings. The molecule has 0 saturated carbocycles. The highest BCUT2D eigenvalue weighted by atomic mass is 32.2. The van der Waals surface area contributed by atoms with Crippen LogP contribution in [0.4, 0.5) is 0 Å². The fraction of sp³-hybridized carbons (Fsp3) is 0.455. The SMILES string of the molecule is COc1cc(C(c2ccc(SC)cc2)N2CCCNCC2)cc(OC)c1OC. The van der Waals surface area contributed by atoms with Crippen molar-refractivity contribution in [1.29, 1.82) is 0 Å². The van der Waals surface area contributed by atoms with E-state index in [1.807, 2.05) is 0 Å². The van der Waals surface area contributed by atoms with Crippen LogP contribution in [0, 0.1) is 0 Å². The van der Waals surface area contributed by atoms with Gasteiger partial charge >= 0.3 is 0 Å². The molecule has 1 heterocycles. The highest BCUT2D eigenvalue weighted by Gasteiger charge is 2.26. The lowest BCUT2D eigenvalue weighted by Gasteiger charge is -2.32.